The molecule has 0 fully saturated rings. The first-order chi connectivity index (χ1) is 11.6. The third-order valence-electron chi connectivity index (χ3n) is 3.92. The van der Waals surface area contributed by atoms with E-state index in [0.717, 1.165) is 28.4 Å². The van der Waals surface area contributed by atoms with Crippen molar-refractivity contribution in [2.45, 2.75) is 27.2 Å². The molecule has 4 heteroatoms. The van der Waals surface area contributed by atoms with Crippen molar-refractivity contribution < 1.29 is 4.79 Å². The van der Waals surface area contributed by atoms with Gasteiger partial charge in [-0.2, -0.15) is 0 Å². The van der Waals surface area contributed by atoms with Crippen LogP contribution in [0.2, 0.25) is 0 Å². The maximum atomic E-state index is 12.5. The Bertz CT molecular complexity index is 848. The molecule has 0 aliphatic heterocycles. The van der Waals surface area contributed by atoms with Crippen LogP contribution >= 0.6 is 11.3 Å². The molecule has 0 radical (unpaired) electrons. The summed E-state index contributed by atoms with van der Waals surface area (Å²) in [5, 5.41) is 3.82. The van der Waals surface area contributed by atoms with Crippen molar-refractivity contribution in [2.24, 2.45) is 0 Å². The number of anilines is 1. The summed E-state index contributed by atoms with van der Waals surface area (Å²) < 4.78 is 0. The Hall–Kier alpha value is -2.46. The number of benzene rings is 2. The van der Waals surface area contributed by atoms with E-state index in [4.69, 9.17) is 0 Å². The molecule has 0 aliphatic carbocycles. The molecule has 0 saturated carbocycles. The molecule has 1 amide bonds. The zero-order chi connectivity index (χ0) is 17.1. The van der Waals surface area contributed by atoms with Crippen molar-refractivity contribution in [3.63, 3.8) is 0 Å². The molecule has 0 bridgehead atoms. The number of aromatic nitrogens is 1. The summed E-state index contributed by atoms with van der Waals surface area (Å²) >= 11 is 1.43. The van der Waals surface area contributed by atoms with Crippen LogP contribution in [0.15, 0.2) is 48.5 Å². The highest BCUT2D eigenvalue weighted by Gasteiger charge is 2.16. The van der Waals surface area contributed by atoms with E-state index < -0.39 is 0 Å². The van der Waals surface area contributed by atoms with Crippen molar-refractivity contribution in [3.8, 4) is 10.6 Å². The van der Waals surface area contributed by atoms with Crippen LogP contribution in [0.4, 0.5) is 5.69 Å². The molecule has 1 heterocycles. The fourth-order valence-corrected chi connectivity index (χ4v) is 3.41. The zero-order valence-corrected chi connectivity index (χ0v) is 14.9. The van der Waals surface area contributed by atoms with Crippen molar-refractivity contribution in [2.75, 3.05) is 5.32 Å². The van der Waals surface area contributed by atoms with E-state index in [1.54, 1.807) is 0 Å². The summed E-state index contributed by atoms with van der Waals surface area (Å²) in [6, 6.07) is 16.1. The topological polar surface area (TPSA) is 42.0 Å². The SMILES string of the molecule is CCc1ccc(-c2nc(C)c(C(=O)Nc3ccc(C)cc3)s2)cc1. The molecule has 3 rings (SSSR count). The quantitative estimate of drug-likeness (QED) is 0.708. The van der Waals surface area contributed by atoms with Gasteiger partial charge in [-0.05, 0) is 38.0 Å². The predicted octanol–water partition coefficient (Wildman–Crippen LogP) is 5.24. The van der Waals surface area contributed by atoms with Crippen LogP contribution in [-0.4, -0.2) is 10.9 Å². The van der Waals surface area contributed by atoms with E-state index in [-0.39, 0.29) is 5.91 Å². The third kappa shape index (κ3) is 3.54. The van der Waals surface area contributed by atoms with E-state index >= 15 is 0 Å². The zero-order valence-electron chi connectivity index (χ0n) is 14.1. The summed E-state index contributed by atoms with van der Waals surface area (Å²) in [5.74, 6) is -0.106. The lowest BCUT2D eigenvalue weighted by molar-refractivity contribution is 0.103. The van der Waals surface area contributed by atoms with Crippen LogP contribution in [0.5, 0.6) is 0 Å². The summed E-state index contributed by atoms with van der Waals surface area (Å²) in [6.07, 6.45) is 1.02. The average Bonchev–Trinajstić information content (AvgIpc) is 2.99. The van der Waals surface area contributed by atoms with Gasteiger partial charge >= 0.3 is 0 Å². The number of amides is 1. The molecule has 3 aromatic rings. The van der Waals surface area contributed by atoms with Gasteiger partial charge in [0.25, 0.3) is 5.91 Å². The summed E-state index contributed by atoms with van der Waals surface area (Å²) in [4.78, 5) is 17.8. The van der Waals surface area contributed by atoms with Crippen LogP contribution in [-0.2, 0) is 6.42 Å². The van der Waals surface area contributed by atoms with Crippen LogP contribution in [0.3, 0.4) is 0 Å². The van der Waals surface area contributed by atoms with Gasteiger partial charge in [-0.25, -0.2) is 4.98 Å². The lowest BCUT2D eigenvalue weighted by Crippen LogP contribution is -2.11. The predicted molar refractivity (Wildman–Crippen MR) is 101 cm³/mol. The monoisotopic (exact) mass is 336 g/mol. The minimum Gasteiger partial charge on any atom is -0.321 e. The Morgan fingerprint density at radius 2 is 1.71 bits per heavy atom. The van der Waals surface area contributed by atoms with E-state index in [0.29, 0.717) is 4.88 Å². The standard InChI is InChI=1S/C20H20N2OS/c1-4-15-7-9-16(10-8-15)20-21-14(3)18(24-20)19(23)22-17-11-5-13(2)6-12-17/h5-12H,4H2,1-3H3,(H,22,23). The molecular weight excluding hydrogens is 316 g/mol. The first kappa shape index (κ1) is 16.4. The van der Waals surface area contributed by atoms with Gasteiger partial charge in [-0.1, -0.05) is 48.9 Å². The van der Waals surface area contributed by atoms with Crippen LogP contribution in [0.25, 0.3) is 10.6 Å². The lowest BCUT2D eigenvalue weighted by atomic mass is 10.1. The van der Waals surface area contributed by atoms with Gasteiger partial charge in [0.05, 0.1) is 5.69 Å². The van der Waals surface area contributed by atoms with Crippen LogP contribution < -0.4 is 5.32 Å². The second-order valence-corrected chi connectivity index (χ2v) is 6.80. The second kappa shape index (κ2) is 6.97. The van der Waals surface area contributed by atoms with Gasteiger partial charge < -0.3 is 5.32 Å². The minimum atomic E-state index is -0.106. The van der Waals surface area contributed by atoms with E-state index in [1.807, 2.05) is 38.1 Å². The molecule has 0 spiro atoms. The number of hydrogen-bond donors (Lipinski definition) is 1. The highest BCUT2D eigenvalue weighted by molar-refractivity contribution is 7.17. The number of thiazole rings is 1. The molecule has 1 aromatic heterocycles. The summed E-state index contributed by atoms with van der Waals surface area (Å²) in [7, 11) is 0. The number of nitrogens with one attached hydrogen (secondary N) is 1. The molecule has 0 aliphatic rings. The highest BCUT2D eigenvalue weighted by Crippen LogP contribution is 2.29. The average molecular weight is 336 g/mol. The van der Waals surface area contributed by atoms with Gasteiger partial charge in [-0.3, -0.25) is 4.79 Å². The van der Waals surface area contributed by atoms with Gasteiger partial charge in [-0.15, -0.1) is 11.3 Å². The Balaban J connectivity index is 1.82. The number of hydrogen-bond acceptors (Lipinski definition) is 3. The summed E-state index contributed by atoms with van der Waals surface area (Å²) in [5.41, 5.74) is 5.07. The number of carbonyl (C=O) groups is 1. The third-order valence-corrected chi connectivity index (χ3v) is 5.13. The number of nitrogens with zero attached hydrogens (tertiary/aromatic N) is 1. The van der Waals surface area contributed by atoms with Gasteiger partial charge in [0.15, 0.2) is 0 Å². The van der Waals surface area contributed by atoms with Crippen LogP contribution in [0.1, 0.15) is 33.4 Å². The largest absolute Gasteiger partial charge is 0.321 e. The molecule has 1 N–H and O–H groups in total. The highest BCUT2D eigenvalue weighted by atomic mass is 32.1. The van der Waals surface area contributed by atoms with E-state index in [1.165, 1.54) is 22.5 Å². The Labute approximate surface area is 146 Å². The molecule has 122 valence electrons. The van der Waals surface area contributed by atoms with Crippen molar-refractivity contribution in [3.05, 3.63) is 70.2 Å². The smallest absolute Gasteiger partial charge is 0.267 e. The summed E-state index contributed by atoms with van der Waals surface area (Å²) in [6.45, 7) is 6.04. The normalized spacial score (nSPS) is 10.6. The molecule has 0 saturated heterocycles. The maximum Gasteiger partial charge on any atom is 0.267 e. The number of aryl methyl sites for hydroxylation is 3. The number of carbonyl (C=O) groups excluding carboxylic acids is 1. The minimum absolute atomic E-state index is 0.106. The maximum absolute atomic E-state index is 12.5. The van der Waals surface area contributed by atoms with Crippen LogP contribution in [0, 0.1) is 13.8 Å². The first-order valence-corrected chi connectivity index (χ1v) is 8.83. The molecule has 0 atom stereocenters. The second-order valence-electron chi connectivity index (χ2n) is 5.80. The molecule has 2 aromatic carbocycles. The molecular formula is C20H20N2OS. The Morgan fingerprint density at radius 3 is 2.33 bits per heavy atom. The first-order valence-electron chi connectivity index (χ1n) is 8.01. The molecule has 3 nitrogen and oxygen atoms in total. The van der Waals surface area contributed by atoms with Gasteiger partial charge in [0, 0.05) is 11.3 Å². The fourth-order valence-electron chi connectivity index (χ4n) is 2.44. The number of rotatable bonds is 4. The van der Waals surface area contributed by atoms with E-state index in [9.17, 15) is 4.79 Å². The van der Waals surface area contributed by atoms with E-state index in [2.05, 4.69) is 41.5 Å². The fraction of sp³-hybridized carbons (Fsp3) is 0.200. The van der Waals surface area contributed by atoms with Crippen molar-refractivity contribution in [1.82, 2.24) is 4.98 Å². The Morgan fingerprint density at radius 1 is 1.04 bits per heavy atom. The van der Waals surface area contributed by atoms with Gasteiger partial charge in [0.2, 0.25) is 0 Å². The van der Waals surface area contributed by atoms with Gasteiger partial charge in [0.1, 0.15) is 9.88 Å². The molecule has 0 unspecified atom stereocenters. The lowest BCUT2D eigenvalue weighted by Gasteiger charge is -2.04. The molecule has 24 heavy (non-hydrogen) atoms. The van der Waals surface area contributed by atoms with Crippen molar-refractivity contribution in [1.29, 1.82) is 0 Å². The van der Waals surface area contributed by atoms with Crippen molar-refractivity contribution >= 4 is 22.9 Å². The Kier molecular flexibility index (Phi) is 4.76.